The highest BCUT2D eigenvalue weighted by molar-refractivity contribution is 5.39. The number of aromatic nitrogens is 1. The summed E-state index contributed by atoms with van der Waals surface area (Å²) >= 11 is 0. The lowest BCUT2D eigenvalue weighted by atomic mass is 10.1. The number of aryl methyl sites for hydroxylation is 1. The molecule has 1 aliphatic rings. The van der Waals surface area contributed by atoms with Gasteiger partial charge in [-0.25, -0.2) is 0 Å². The molecule has 0 fully saturated rings. The van der Waals surface area contributed by atoms with Crippen molar-refractivity contribution in [2.45, 2.75) is 26.4 Å². The Morgan fingerprint density at radius 3 is 3.08 bits per heavy atom. The van der Waals surface area contributed by atoms with E-state index in [1.165, 1.54) is 5.56 Å². The predicted octanol–water partition coefficient (Wildman–Crippen LogP) is 1.21. The van der Waals surface area contributed by atoms with E-state index in [1.54, 1.807) is 0 Å². The Hall–Kier alpha value is -0.960. The van der Waals surface area contributed by atoms with Gasteiger partial charge in [0.15, 0.2) is 5.88 Å². The van der Waals surface area contributed by atoms with Gasteiger partial charge in [-0.2, -0.15) is 0 Å². The standard InChI is InChI=1S/C9H14N2O/c1-6-5-11-3-4-12-9(11)8(6)7(2)10/h5,7H,3-4,10H2,1-2H3. The summed E-state index contributed by atoms with van der Waals surface area (Å²) in [6, 6.07) is 0.0688. The van der Waals surface area contributed by atoms with Crippen molar-refractivity contribution in [3.05, 3.63) is 17.3 Å². The fourth-order valence-corrected chi connectivity index (χ4v) is 1.81. The molecule has 0 aliphatic carbocycles. The number of hydrogen-bond donors (Lipinski definition) is 1. The van der Waals surface area contributed by atoms with E-state index in [0.717, 1.165) is 24.6 Å². The zero-order valence-electron chi connectivity index (χ0n) is 7.50. The summed E-state index contributed by atoms with van der Waals surface area (Å²) < 4.78 is 7.63. The third-order valence-electron chi connectivity index (χ3n) is 2.29. The highest BCUT2D eigenvalue weighted by atomic mass is 16.5. The Morgan fingerprint density at radius 2 is 2.42 bits per heavy atom. The van der Waals surface area contributed by atoms with Crippen LogP contribution in [0.25, 0.3) is 0 Å². The van der Waals surface area contributed by atoms with Crippen LogP contribution in [0.5, 0.6) is 5.88 Å². The van der Waals surface area contributed by atoms with E-state index in [9.17, 15) is 0 Å². The van der Waals surface area contributed by atoms with Gasteiger partial charge in [0.1, 0.15) is 6.61 Å². The SMILES string of the molecule is Cc1cn2c(c1C(C)N)OCC2. The summed E-state index contributed by atoms with van der Waals surface area (Å²) in [4.78, 5) is 0. The quantitative estimate of drug-likeness (QED) is 0.681. The van der Waals surface area contributed by atoms with Gasteiger partial charge in [-0.05, 0) is 19.4 Å². The van der Waals surface area contributed by atoms with Crippen molar-refractivity contribution in [1.82, 2.24) is 4.57 Å². The highest BCUT2D eigenvalue weighted by Crippen LogP contribution is 2.32. The predicted molar refractivity (Wildman–Crippen MR) is 47.3 cm³/mol. The molecule has 2 heterocycles. The fraction of sp³-hybridized carbons (Fsp3) is 0.556. The molecular weight excluding hydrogens is 152 g/mol. The van der Waals surface area contributed by atoms with Crippen molar-refractivity contribution < 1.29 is 4.74 Å². The minimum atomic E-state index is 0.0688. The van der Waals surface area contributed by atoms with E-state index in [-0.39, 0.29) is 6.04 Å². The van der Waals surface area contributed by atoms with E-state index in [1.807, 2.05) is 6.92 Å². The molecular formula is C9H14N2O. The molecule has 3 nitrogen and oxygen atoms in total. The molecule has 1 aromatic heterocycles. The molecule has 1 aliphatic heterocycles. The molecule has 0 aromatic carbocycles. The minimum absolute atomic E-state index is 0.0688. The molecule has 66 valence electrons. The summed E-state index contributed by atoms with van der Waals surface area (Å²) in [5.41, 5.74) is 8.23. The fourth-order valence-electron chi connectivity index (χ4n) is 1.81. The molecule has 2 rings (SSSR count). The second kappa shape index (κ2) is 2.52. The first-order valence-electron chi connectivity index (χ1n) is 4.28. The van der Waals surface area contributed by atoms with E-state index < -0.39 is 0 Å². The lowest BCUT2D eigenvalue weighted by Gasteiger charge is -2.06. The first-order valence-corrected chi connectivity index (χ1v) is 4.28. The molecule has 0 bridgehead atoms. The third-order valence-corrected chi connectivity index (χ3v) is 2.29. The number of hydrogen-bond acceptors (Lipinski definition) is 2. The van der Waals surface area contributed by atoms with Crippen LogP contribution in [0, 0.1) is 6.92 Å². The second-order valence-electron chi connectivity index (χ2n) is 3.36. The molecule has 1 aromatic rings. The molecule has 0 saturated carbocycles. The number of nitrogens with zero attached hydrogens (tertiary/aromatic N) is 1. The maximum absolute atomic E-state index is 5.84. The molecule has 0 saturated heterocycles. The van der Waals surface area contributed by atoms with Crippen LogP contribution >= 0.6 is 0 Å². The van der Waals surface area contributed by atoms with Gasteiger partial charge in [0, 0.05) is 17.8 Å². The van der Waals surface area contributed by atoms with Gasteiger partial charge < -0.3 is 15.0 Å². The largest absolute Gasteiger partial charge is 0.477 e. The normalized spacial score (nSPS) is 17.2. The van der Waals surface area contributed by atoms with Crippen LogP contribution in [0.3, 0.4) is 0 Å². The van der Waals surface area contributed by atoms with Gasteiger partial charge >= 0.3 is 0 Å². The minimum Gasteiger partial charge on any atom is -0.477 e. The maximum Gasteiger partial charge on any atom is 0.198 e. The Kier molecular flexibility index (Phi) is 1.61. The second-order valence-corrected chi connectivity index (χ2v) is 3.36. The lowest BCUT2D eigenvalue weighted by Crippen LogP contribution is -2.06. The summed E-state index contributed by atoms with van der Waals surface area (Å²) in [5.74, 6) is 0.975. The van der Waals surface area contributed by atoms with Crippen molar-refractivity contribution in [3.8, 4) is 5.88 Å². The average Bonchev–Trinajstić information content (AvgIpc) is 2.44. The van der Waals surface area contributed by atoms with Crippen LogP contribution in [0.4, 0.5) is 0 Å². The molecule has 0 amide bonds. The van der Waals surface area contributed by atoms with Gasteiger partial charge in [0.25, 0.3) is 0 Å². The Labute approximate surface area is 72.1 Å². The van der Waals surface area contributed by atoms with Crippen LogP contribution in [-0.4, -0.2) is 11.2 Å². The molecule has 1 unspecified atom stereocenters. The van der Waals surface area contributed by atoms with Gasteiger partial charge in [-0.15, -0.1) is 0 Å². The summed E-state index contributed by atoms with van der Waals surface area (Å²) in [7, 11) is 0. The van der Waals surface area contributed by atoms with E-state index in [2.05, 4.69) is 17.7 Å². The zero-order valence-corrected chi connectivity index (χ0v) is 7.50. The van der Waals surface area contributed by atoms with E-state index in [0.29, 0.717) is 0 Å². The summed E-state index contributed by atoms with van der Waals surface area (Å²) in [6.07, 6.45) is 2.11. The first kappa shape index (κ1) is 7.68. The van der Waals surface area contributed by atoms with E-state index in [4.69, 9.17) is 10.5 Å². The Balaban J connectivity index is 2.52. The van der Waals surface area contributed by atoms with Gasteiger partial charge in [-0.3, -0.25) is 0 Å². The zero-order chi connectivity index (χ0) is 8.72. The van der Waals surface area contributed by atoms with Crippen LogP contribution in [0.2, 0.25) is 0 Å². The number of fused-ring (bicyclic) bond motifs is 1. The number of nitrogens with two attached hydrogens (primary N) is 1. The van der Waals surface area contributed by atoms with Gasteiger partial charge in [-0.1, -0.05) is 0 Å². The van der Waals surface area contributed by atoms with Crippen LogP contribution in [0.15, 0.2) is 6.20 Å². The topological polar surface area (TPSA) is 40.2 Å². The monoisotopic (exact) mass is 166 g/mol. The van der Waals surface area contributed by atoms with Crippen molar-refractivity contribution in [3.63, 3.8) is 0 Å². The van der Waals surface area contributed by atoms with Crippen molar-refractivity contribution in [2.24, 2.45) is 5.73 Å². The molecule has 2 N–H and O–H groups in total. The molecule has 3 heteroatoms. The Morgan fingerprint density at radius 1 is 1.67 bits per heavy atom. The molecule has 12 heavy (non-hydrogen) atoms. The smallest absolute Gasteiger partial charge is 0.198 e. The third kappa shape index (κ3) is 0.932. The molecule has 0 spiro atoms. The number of ether oxygens (including phenoxy) is 1. The molecule has 1 atom stereocenters. The van der Waals surface area contributed by atoms with Crippen LogP contribution < -0.4 is 10.5 Å². The van der Waals surface area contributed by atoms with Crippen LogP contribution in [-0.2, 0) is 6.54 Å². The highest BCUT2D eigenvalue weighted by Gasteiger charge is 2.21. The lowest BCUT2D eigenvalue weighted by molar-refractivity contribution is 0.351. The number of rotatable bonds is 1. The Bertz CT molecular complexity index is 302. The van der Waals surface area contributed by atoms with Crippen molar-refractivity contribution in [1.29, 1.82) is 0 Å². The maximum atomic E-state index is 5.84. The summed E-state index contributed by atoms with van der Waals surface area (Å²) in [6.45, 7) is 5.82. The van der Waals surface area contributed by atoms with Crippen molar-refractivity contribution in [2.75, 3.05) is 6.61 Å². The van der Waals surface area contributed by atoms with Crippen LogP contribution in [0.1, 0.15) is 24.1 Å². The first-order chi connectivity index (χ1) is 5.70. The van der Waals surface area contributed by atoms with E-state index >= 15 is 0 Å². The van der Waals surface area contributed by atoms with Crippen molar-refractivity contribution >= 4 is 0 Å². The summed E-state index contributed by atoms with van der Waals surface area (Å²) in [5, 5.41) is 0. The molecule has 0 radical (unpaired) electrons. The van der Waals surface area contributed by atoms with Gasteiger partial charge in [0.2, 0.25) is 0 Å². The average molecular weight is 166 g/mol. The van der Waals surface area contributed by atoms with Gasteiger partial charge in [0.05, 0.1) is 6.54 Å².